The standard InChI is InChI=1S/C29H32FN3O2/c30-23-8-10-24(11-9-23)33-17-14-22-19-25(34)12-13-26(22)27(33)18-20-4-6-21(7-5-20)28(29(31)35)32-15-2-1-3-16-32/h4-13,19,27-28,34H,1-3,14-18H2,(H2,31,35). The molecule has 2 atom stereocenters. The minimum Gasteiger partial charge on any atom is -0.508 e. The Morgan fingerprint density at radius 3 is 2.37 bits per heavy atom. The molecule has 6 heteroatoms. The number of halogens is 1. The van der Waals surface area contributed by atoms with Crippen LogP contribution >= 0.6 is 0 Å². The van der Waals surface area contributed by atoms with Gasteiger partial charge in [0, 0.05) is 12.2 Å². The average Bonchev–Trinajstić information content (AvgIpc) is 2.86. The maximum Gasteiger partial charge on any atom is 0.239 e. The van der Waals surface area contributed by atoms with Crippen LogP contribution in [0, 0.1) is 5.82 Å². The Kier molecular flexibility index (Phi) is 6.73. The third kappa shape index (κ3) is 5.03. The Hall–Kier alpha value is -3.38. The highest BCUT2D eigenvalue weighted by Gasteiger charge is 2.29. The number of nitrogens with two attached hydrogens (primary N) is 1. The summed E-state index contributed by atoms with van der Waals surface area (Å²) in [5, 5.41) is 10.0. The molecule has 182 valence electrons. The second-order valence-corrected chi connectivity index (χ2v) is 9.67. The number of carbonyl (C=O) groups excluding carboxylic acids is 1. The van der Waals surface area contributed by atoms with E-state index in [2.05, 4.69) is 21.9 Å². The molecule has 5 rings (SSSR count). The molecule has 2 aliphatic rings. The first kappa shape index (κ1) is 23.4. The fourth-order valence-electron chi connectivity index (χ4n) is 5.65. The largest absolute Gasteiger partial charge is 0.508 e. The van der Waals surface area contributed by atoms with Crippen molar-refractivity contribution in [2.24, 2.45) is 5.73 Å². The lowest BCUT2D eigenvalue weighted by atomic mass is 9.87. The lowest BCUT2D eigenvalue weighted by molar-refractivity contribution is -0.123. The Balaban J connectivity index is 1.43. The van der Waals surface area contributed by atoms with Gasteiger partial charge in [-0.3, -0.25) is 9.69 Å². The van der Waals surface area contributed by atoms with Crippen molar-refractivity contribution in [1.29, 1.82) is 0 Å². The van der Waals surface area contributed by atoms with Crippen LogP contribution < -0.4 is 10.6 Å². The van der Waals surface area contributed by atoms with Crippen molar-refractivity contribution >= 4 is 11.6 Å². The molecule has 0 aromatic heterocycles. The van der Waals surface area contributed by atoms with Gasteiger partial charge in [0.15, 0.2) is 0 Å². The van der Waals surface area contributed by atoms with Gasteiger partial charge >= 0.3 is 0 Å². The van der Waals surface area contributed by atoms with Crippen molar-refractivity contribution in [3.63, 3.8) is 0 Å². The highest BCUT2D eigenvalue weighted by Crippen LogP contribution is 2.37. The number of hydrogen-bond donors (Lipinski definition) is 2. The Bertz CT molecular complexity index is 1170. The predicted molar refractivity (Wildman–Crippen MR) is 136 cm³/mol. The fraction of sp³-hybridized carbons (Fsp3) is 0.345. The SMILES string of the molecule is NC(=O)C(c1ccc(CC2c3ccc(O)cc3CCN2c2ccc(F)cc2)cc1)N1CCCCC1. The van der Waals surface area contributed by atoms with E-state index in [1.165, 1.54) is 24.1 Å². The highest BCUT2D eigenvalue weighted by molar-refractivity contribution is 5.81. The predicted octanol–water partition coefficient (Wildman–Crippen LogP) is 4.89. The molecule has 35 heavy (non-hydrogen) atoms. The summed E-state index contributed by atoms with van der Waals surface area (Å²) in [6.07, 6.45) is 4.95. The third-order valence-corrected chi connectivity index (χ3v) is 7.39. The Morgan fingerprint density at radius 1 is 0.971 bits per heavy atom. The van der Waals surface area contributed by atoms with Crippen molar-refractivity contribution < 1.29 is 14.3 Å². The van der Waals surface area contributed by atoms with Crippen LogP contribution in [0.1, 0.15) is 53.6 Å². The normalized spacial score (nSPS) is 19.2. The van der Waals surface area contributed by atoms with Gasteiger partial charge in [0.1, 0.15) is 17.6 Å². The molecule has 1 fully saturated rings. The summed E-state index contributed by atoms with van der Waals surface area (Å²) in [4.78, 5) is 16.8. The molecule has 0 aliphatic carbocycles. The molecule has 0 spiro atoms. The van der Waals surface area contributed by atoms with E-state index in [-0.39, 0.29) is 23.5 Å². The molecule has 2 aliphatic heterocycles. The number of phenolic OH excluding ortho intramolecular Hbond substituents is 1. The second kappa shape index (κ2) is 10.1. The van der Waals surface area contributed by atoms with Crippen LogP contribution in [-0.2, 0) is 17.6 Å². The summed E-state index contributed by atoms with van der Waals surface area (Å²) in [6, 6.07) is 20.1. The second-order valence-electron chi connectivity index (χ2n) is 9.67. The molecule has 0 radical (unpaired) electrons. The summed E-state index contributed by atoms with van der Waals surface area (Å²) in [5.41, 5.74) is 11.2. The smallest absolute Gasteiger partial charge is 0.239 e. The van der Waals surface area contributed by atoms with E-state index in [1.807, 2.05) is 36.4 Å². The Morgan fingerprint density at radius 2 is 1.69 bits per heavy atom. The average molecular weight is 474 g/mol. The highest BCUT2D eigenvalue weighted by atomic mass is 19.1. The third-order valence-electron chi connectivity index (χ3n) is 7.39. The van der Waals surface area contributed by atoms with Gasteiger partial charge in [0.05, 0.1) is 6.04 Å². The number of rotatable bonds is 6. The monoisotopic (exact) mass is 473 g/mol. The summed E-state index contributed by atoms with van der Waals surface area (Å²) in [5.74, 6) is -0.277. The van der Waals surface area contributed by atoms with Gasteiger partial charge in [0.25, 0.3) is 0 Å². The number of aromatic hydroxyl groups is 1. The maximum atomic E-state index is 13.6. The number of phenols is 1. The molecule has 1 amide bonds. The minimum atomic E-state index is -0.390. The number of amides is 1. The number of hydrogen-bond acceptors (Lipinski definition) is 4. The minimum absolute atomic E-state index is 0.0460. The van der Waals surface area contributed by atoms with Gasteiger partial charge in [0.2, 0.25) is 5.91 Å². The Labute approximate surface area is 206 Å². The van der Waals surface area contributed by atoms with E-state index >= 15 is 0 Å². The number of nitrogens with zero attached hydrogens (tertiary/aromatic N) is 2. The summed E-state index contributed by atoms with van der Waals surface area (Å²) >= 11 is 0. The first-order chi connectivity index (χ1) is 17.0. The van der Waals surface area contributed by atoms with E-state index in [0.29, 0.717) is 0 Å². The van der Waals surface area contributed by atoms with Crippen molar-refractivity contribution in [2.75, 3.05) is 24.5 Å². The van der Waals surface area contributed by atoms with Crippen molar-refractivity contribution in [2.45, 2.75) is 44.2 Å². The number of fused-ring (bicyclic) bond motifs is 1. The van der Waals surface area contributed by atoms with Gasteiger partial charge < -0.3 is 15.7 Å². The van der Waals surface area contributed by atoms with E-state index in [9.17, 15) is 14.3 Å². The molecular weight excluding hydrogens is 441 g/mol. The van der Waals surface area contributed by atoms with Crippen LogP contribution in [0.3, 0.4) is 0 Å². The van der Waals surface area contributed by atoms with Crippen LogP contribution in [-0.4, -0.2) is 35.5 Å². The summed E-state index contributed by atoms with van der Waals surface area (Å²) < 4.78 is 13.6. The van der Waals surface area contributed by atoms with Crippen molar-refractivity contribution in [3.8, 4) is 5.75 Å². The zero-order chi connectivity index (χ0) is 24.4. The van der Waals surface area contributed by atoms with Gasteiger partial charge in [-0.2, -0.15) is 0 Å². The van der Waals surface area contributed by atoms with E-state index in [4.69, 9.17) is 5.73 Å². The number of likely N-dealkylation sites (tertiary alicyclic amines) is 1. The van der Waals surface area contributed by atoms with Crippen LogP contribution in [0.2, 0.25) is 0 Å². The molecule has 1 saturated heterocycles. The zero-order valence-electron chi connectivity index (χ0n) is 19.9. The maximum absolute atomic E-state index is 13.6. The molecule has 2 unspecified atom stereocenters. The number of piperidine rings is 1. The lowest BCUT2D eigenvalue weighted by Crippen LogP contribution is -2.40. The zero-order valence-corrected chi connectivity index (χ0v) is 19.9. The molecule has 3 N–H and O–H groups in total. The van der Waals surface area contributed by atoms with Crippen LogP contribution in [0.15, 0.2) is 66.7 Å². The number of anilines is 1. The summed E-state index contributed by atoms with van der Waals surface area (Å²) in [6.45, 7) is 2.57. The van der Waals surface area contributed by atoms with Crippen LogP contribution in [0.5, 0.6) is 5.75 Å². The fourth-order valence-corrected chi connectivity index (χ4v) is 5.65. The van der Waals surface area contributed by atoms with Crippen LogP contribution in [0.25, 0.3) is 0 Å². The van der Waals surface area contributed by atoms with Gasteiger partial charge in [-0.05, 0) is 97.4 Å². The lowest BCUT2D eigenvalue weighted by Gasteiger charge is -2.39. The number of carbonyl (C=O) groups is 1. The molecule has 3 aromatic rings. The first-order valence-electron chi connectivity index (χ1n) is 12.5. The van der Waals surface area contributed by atoms with Gasteiger partial charge in [-0.25, -0.2) is 4.39 Å². The topological polar surface area (TPSA) is 69.8 Å². The van der Waals surface area contributed by atoms with E-state index in [1.54, 1.807) is 6.07 Å². The van der Waals surface area contributed by atoms with Gasteiger partial charge in [-0.1, -0.05) is 36.8 Å². The van der Waals surface area contributed by atoms with Crippen molar-refractivity contribution in [3.05, 3.63) is 94.8 Å². The number of primary amides is 1. The first-order valence-corrected chi connectivity index (χ1v) is 12.5. The number of benzene rings is 3. The molecule has 5 nitrogen and oxygen atoms in total. The van der Waals surface area contributed by atoms with E-state index in [0.717, 1.165) is 67.7 Å². The van der Waals surface area contributed by atoms with Crippen LogP contribution in [0.4, 0.5) is 10.1 Å². The molecule has 3 aromatic carbocycles. The van der Waals surface area contributed by atoms with Crippen molar-refractivity contribution in [1.82, 2.24) is 4.90 Å². The molecular formula is C29H32FN3O2. The molecule has 2 heterocycles. The molecule has 0 saturated carbocycles. The molecule has 0 bridgehead atoms. The quantitative estimate of drug-likeness (QED) is 0.535. The van der Waals surface area contributed by atoms with Gasteiger partial charge in [-0.15, -0.1) is 0 Å². The van der Waals surface area contributed by atoms with E-state index < -0.39 is 6.04 Å². The summed E-state index contributed by atoms with van der Waals surface area (Å²) in [7, 11) is 0.